The molecule has 4 aromatic rings. The van der Waals surface area contributed by atoms with Crippen LogP contribution in [0.3, 0.4) is 0 Å². The zero-order chi connectivity index (χ0) is 21.9. The molecule has 2 amide bonds. The van der Waals surface area contributed by atoms with E-state index in [2.05, 4.69) is 20.6 Å². The van der Waals surface area contributed by atoms with E-state index in [0.717, 1.165) is 45.9 Å². The molecule has 0 unspecified atom stereocenters. The van der Waals surface area contributed by atoms with Crippen molar-refractivity contribution in [3.05, 3.63) is 95.8 Å². The second-order valence-corrected chi connectivity index (χ2v) is 7.80. The molecule has 0 spiro atoms. The lowest BCUT2D eigenvalue weighted by atomic mass is 10.1. The van der Waals surface area contributed by atoms with Crippen LogP contribution in [0.1, 0.15) is 21.6 Å². The highest BCUT2D eigenvalue weighted by Crippen LogP contribution is 2.27. The van der Waals surface area contributed by atoms with Crippen molar-refractivity contribution in [1.82, 2.24) is 15.3 Å². The third-order valence-corrected chi connectivity index (χ3v) is 5.55. The molecule has 5 rings (SSSR count). The number of hydrogen-bond donors (Lipinski definition) is 3. The van der Waals surface area contributed by atoms with Gasteiger partial charge in [0.05, 0.1) is 17.7 Å². The van der Waals surface area contributed by atoms with Gasteiger partial charge in [-0.15, -0.1) is 0 Å². The Morgan fingerprint density at radius 2 is 1.78 bits per heavy atom. The quantitative estimate of drug-likeness (QED) is 0.450. The van der Waals surface area contributed by atoms with Gasteiger partial charge in [-0.25, -0.2) is 0 Å². The van der Waals surface area contributed by atoms with Crippen LogP contribution in [0.4, 0.5) is 5.69 Å². The number of pyridine rings is 1. The number of carbonyl (C=O) groups excluding carboxylic acids is 2. The smallest absolute Gasteiger partial charge is 0.253 e. The van der Waals surface area contributed by atoms with Crippen molar-refractivity contribution >= 4 is 17.5 Å². The summed E-state index contributed by atoms with van der Waals surface area (Å²) in [7, 11) is 0. The molecule has 3 N–H and O–H groups in total. The Kier molecular flexibility index (Phi) is 5.25. The van der Waals surface area contributed by atoms with Crippen LogP contribution in [-0.4, -0.2) is 28.3 Å². The monoisotopic (exact) mass is 422 g/mol. The number of carbonyl (C=O) groups is 2. The first kappa shape index (κ1) is 19.8. The Morgan fingerprint density at radius 3 is 2.56 bits per heavy atom. The van der Waals surface area contributed by atoms with Gasteiger partial charge >= 0.3 is 0 Å². The Balaban J connectivity index is 1.31. The van der Waals surface area contributed by atoms with Crippen LogP contribution in [0.2, 0.25) is 0 Å². The largest absolute Gasteiger partial charge is 0.358 e. The van der Waals surface area contributed by atoms with Crippen LogP contribution in [-0.2, 0) is 17.6 Å². The topological polar surface area (TPSA) is 86.9 Å². The van der Waals surface area contributed by atoms with Crippen LogP contribution in [0.25, 0.3) is 22.5 Å². The third-order valence-electron chi connectivity index (χ3n) is 5.55. The maximum Gasteiger partial charge on any atom is 0.253 e. The molecule has 0 saturated carbocycles. The minimum Gasteiger partial charge on any atom is -0.358 e. The molecule has 3 heterocycles. The zero-order valence-corrected chi connectivity index (χ0v) is 17.4. The molecule has 0 atom stereocenters. The number of amides is 2. The van der Waals surface area contributed by atoms with Crippen molar-refractivity contribution in [1.29, 1.82) is 0 Å². The van der Waals surface area contributed by atoms with Gasteiger partial charge in [-0.2, -0.15) is 0 Å². The van der Waals surface area contributed by atoms with Gasteiger partial charge in [0.2, 0.25) is 5.91 Å². The Bertz CT molecular complexity index is 1280. The van der Waals surface area contributed by atoms with Crippen LogP contribution in [0.5, 0.6) is 0 Å². The summed E-state index contributed by atoms with van der Waals surface area (Å²) < 4.78 is 0. The van der Waals surface area contributed by atoms with Crippen molar-refractivity contribution in [2.24, 2.45) is 0 Å². The van der Waals surface area contributed by atoms with Gasteiger partial charge in [-0.1, -0.05) is 42.5 Å². The first-order valence-corrected chi connectivity index (χ1v) is 10.6. The molecule has 158 valence electrons. The number of nitrogens with one attached hydrogen (secondary N) is 3. The van der Waals surface area contributed by atoms with E-state index in [0.29, 0.717) is 18.5 Å². The molecule has 6 heteroatoms. The summed E-state index contributed by atoms with van der Waals surface area (Å²) in [5.74, 6) is -0.0863. The van der Waals surface area contributed by atoms with E-state index < -0.39 is 0 Å². The summed E-state index contributed by atoms with van der Waals surface area (Å²) in [6, 6.07) is 23.1. The van der Waals surface area contributed by atoms with Crippen molar-refractivity contribution in [3.63, 3.8) is 0 Å². The molecule has 0 saturated heterocycles. The predicted octanol–water partition coefficient (Wildman–Crippen LogP) is 4.21. The maximum atomic E-state index is 12.3. The van der Waals surface area contributed by atoms with E-state index in [-0.39, 0.29) is 11.8 Å². The Morgan fingerprint density at radius 1 is 0.969 bits per heavy atom. The molecular weight excluding hydrogens is 400 g/mol. The summed E-state index contributed by atoms with van der Waals surface area (Å²) in [5.41, 5.74) is 7.04. The van der Waals surface area contributed by atoms with Gasteiger partial charge in [-0.3, -0.25) is 14.6 Å². The SMILES string of the molecule is O=C(Cc1ccccc1)Nc1ccc(-c2cc(-c3cc4c([nH]3)CCNC4=O)ccn2)cc1. The molecule has 1 aliphatic rings. The number of aromatic nitrogens is 2. The first-order chi connectivity index (χ1) is 15.7. The fourth-order valence-electron chi connectivity index (χ4n) is 3.92. The molecule has 32 heavy (non-hydrogen) atoms. The molecule has 6 nitrogen and oxygen atoms in total. The number of hydrogen-bond acceptors (Lipinski definition) is 3. The fourth-order valence-corrected chi connectivity index (χ4v) is 3.92. The summed E-state index contributed by atoms with van der Waals surface area (Å²) in [6.45, 7) is 0.654. The summed E-state index contributed by atoms with van der Waals surface area (Å²) >= 11 is 0. The number of fused-ring (bicyclic) bond motifs is 1. The van der Waals surface area contributed by atoms with Gasteiger partial charge in [0, 0.05) is 47.4 Å². The van der Waals surface area contributed by atoms with Gasteiger partial charge in [0.15, 0.2) is 0 Å². The Labute approximate surface area is 185 Å². The van der Waals surface area contributed by atoms with E-state index in [1.807, 2.05) is 72.8 Å². The lowest BCUT2D eigenvalue weighted by Crippen LogP contribution is -2.31. The molecule has 0 aliphatic carbocycles. The number of rotatable bonds is 5. The summed E-state index contributed by atoms with van der Waals surface area (Å²) in [5, 5.41) is 5.81. The van der Waals surface area contributed by atoms with Gasteiger partial charge in [0.25, 0.3) is 5.91 Å². The third kappa shape index (κ3) is 4.16. The number of anilines is 1. The van der Waals surface area contributed by atoms with Crippen LogP contribution in [0, 0.1) is 0 Å². The summed E-state index contributed by atoms with van der Waals surface area (Å²) in [4.78, 5) is 32.2. The van der Waals surface area contributed by atoms with Crippen molar-refractivity contribution < 1.29 is 9.59 Å². The minimum atomic E-state index is -0.0520. The molecule has 2 aromatic heterocycles. The molecule has 0 fully saturated rings. The van der Waals surface area contributed by atoms with E-state index in [4.69, 9.17) is 0 Å². The molecule has 0 radical (unpaired) electrons. The minimum absolute atomic E-state index is 0.0343. The lowest BCUT2D eigenvalue weighted by molar-refractivity contribution is -0.115. The van der Waals surface area contributed by atoms with Crippen LogP contribution in [0.15, 0.2) is 79.0 Å². The Hall–Kier alpha value is -4.19. The second kappa shape index (κ2) is 8.51. The first-order valence-electron chi connectivity index (χ1n) is 10.6. The predicted molar refractivity (Wildman–Crippen MR) is 124 cm³/mol. The highest BCUT2D eigenvalue weighted by atomic mass is 16.2. The van der Waals surface area contributed by atoms with Crippen molar-refractivity contribution in [3.8, 4) is 22.5 Å². The molecule has 2 aromatic carbocycles. The average molecular weight is 422 g/mol. The van der Waals surface area contributed by atoms with Crippen LogP contribution < -0.4 is 10.6 Å². The van der Waals surface area contributed by atoms with Crippen molar-refractivity contribution in [2.45, 2.75) is 12.8 Å². The van der Waals surface area contributed by atoms with Gasteiger partial charge in [-0.05, 0) is 35.9 Å². The number of H-pyrrole nitrogens is 1. The normalized spacial score (nSPS) is 12.7. The average Bonchev–Trinajstić information content (AvgIpc) is 3.26. The highest BCUT2D eigenvalue weighted by molar-refractivity contribution is 5.98. The second-order valence-electron chi connectivity index (χ2n) is 7.80. The van der Waals surface area contributed by atoms with E-state index in [1.165, 1.54) is 0 Å². The van der Waals surface area contributed by atoms with E-state index in [9.17, 15) is 9.59 Å². The lowest BCUT2D eigenvalue weighted by Gasteiger charge is -2.11. The maximum absolute atomic E-state index is 12.3. The van der Waals surface area contributed by atoms with E-state index in [1.54, 1.807) is 6.20 Å². The van der Waals surface area contributed by atoms with E-state index >= 15 is 0 Å². The van der Waals surface area contributed by atoms with Gasteiger partial charge in [0.1, 0.15) is 0 Å². The fraction of sp³-hybridized carbons (Fsp3) is 0.115. The van der Waals surface area contributed by atoms with Crippen molar-refractivity contribution in [2.75, 3.05) is 11.9 Å². The van der Waals surface area contributed by atoms with Crippen LogP contribution >= 0.6 is 0 Å². The molecule has 0 bridgehead atoms. The molecular formula is C26H22N4O2. The summed E-state index contributed by atoms with van der Waals surface area (Å²) in [6.07, 6.45) is 2.90. The number of aromatic amines is 1. The highest BCUT2D eigenvalue weighted by Gasteiger charge is 2.20. The standard InChI is InChI=1S/C26H22N4O2/c31-25(14-17-4-2-1-3-5-17)29-20-8-6-18(7-9-20)23-15-19(10-12-27-23)24-16-21-22(30-24)11-13-28-26(21)32/h1-10,12,15-16,30H,11,13-14H2,(H,28,32)(H,29,31). The van der Waals surface area contributed by atoms with Gasteiger partial charge < -0.3 is 15.6 Å². The molecule has 1 aliphatic heterocycles. The number of benzene rings is 2. The number of nitrogens with zero attached hydrogens (tertiary/aromatic N) is 1. The zero-order valence-electron chi connectivity index (χ0n) is 17.4.